The predicted octanol–water partition coefficient (Wildman–Crippen LogP) is 2.05. The Bertz CT molecular complexity index is 107. The summed E-state index contributed by atoms with van der Waals surface area (Å²) in [5, 5.41) is 4.47. The molecule has 1 unspecified atom stereocenters. The topological polar surface area (TPSA) is 14.1 Å². The van der Waals surface area contributed by atoms with Gasteiger partial charge in [-0.15, -0.1) is 0 Å². The molecule has 0 aromatic rings. The highest BCUT2D eigenvalue weighted by Crippen LogP contribution is 2.28. The summed E-state index contributed by atoms with van der Waals surface area (Å²) in [5.74, 6) is 0.876. The van der Waals surface area contributed by atoms with Crippen molar-refractivity contribution >= 4 is 0 Å². The molecule has 0 aliphatic carbocycles. The summed E-state index contributed by atoms with van der Waals surface area (Å²) in [7, 11) is 0. The molecule has 1 radical (unpaired) electrons. The largest absolute Gasteiger partial charge is 0.241 e. The molecule has 0 aromatic heterocycles. The van der Waals surface area contributed by atoms with Crippen LogP contribution in [0.3, 0.4) is 0 Å². The molecule has 0 N–H and O–H groups in total. The highest BCUT2D eigenvalue weighted by Gasteiger charge is 2.23. The van der Waals surface area contributed by atoms with Crippen LogP contribution >= 0.6 is 0 Å². The lowest BCUT2D eigenvalue weighted by Crippen LogP contribution is -2.22. The molecule has 10 heavy (non-hydrogen) atoms. The highest BCUT2D eigenvalue weighted by atomic mass is 14.9. The molecule has 1 aliphatic rings. The van der Waals surface area contributed by atoms with Gasteiger partial charge in [0.2, 0.25) is 0 Å². The number of hydrogen-bond acceptors (Lipinski definition) is 0. The van der Waals surface area contributed by atoms with E-state index < -0.39 is 0 Å². The molecule has 1 heterocycles. The van der Waals surface area contributed by atoms with Crippen molar-refractivity contribution in [3.05, 3.63) is 0 Å². The van der Waals surface area contributed by atoms with Gasteiger partial charge in [-0.25, -0.2) is 5.32 Å². The van der Waals surface area contributed by atoms with Crippen molar-refractivity contribution in [1.82, 2.24) is 5.32 Å². The smallest absolute Gasteiger partial charge is 0.0184 e. The Kier molecular flexibility index (Phi) is 2.35. The first-order valence-electron chi connectivity index (χ1n) is 4.23. The zero-order valence-corrected chi connectivity index (χ0v) is 7.35. The van der Waals surface area contributed by atoms with Crippen molar-refractivity contribution in [1.29, 1.82) is 0 Å². The van der Waals surface area contributed by atoms with E-state index in [1.54, 1.807) is 0 Å². The summed E-state index contributed by atoms with van der Waals surface area (Å²) < 4.78 is 0. The molecule has 0 spiro atoms. The normalized spacial score (nSPS) is 33.3. The summed E-state index contributed by atoms with van der Waals surface area (Å²) in [6.45, 7) is 9.13. The second kappa shape index (κ2) is 2.91. The monoisotopic (exact) mass is 140 g/mol. The van der Waals surface area contributed by atoms with E-state index in [0.29, 0.717) is 5.41 Å². The standard InChI is InChI=1S/C9H18N/c1-8-4-5-10-7-9(2,3)6-8/h8H,4-7H2,1-3H3. The molecule has 0 saturated carbocycles. The van der Waals surface area contributed by atoms with Crippen molar-refractivity contribution in [3.63, 3.8) is 0 Å². The van der Waals surface area contributed by atoms with Gasteiger partial charge >= 0.3 is 0 Å². The van der Waals surface area contributed by atoms with Crippen LogP contribution in [0.2, 0.25) is 0 Å². The Morgan fingerprint density at radius 1 is 1.40 bits per heavy atom. The van der Waals surface area contributed by atoms with Gasteiger partial charge in [0, 0.05) is 13.1 Å². The van der Waals surface area contributed by atoms with Gasteiger partial charge in [0.25, 0.3) is 0 Å². The van der Waals surface area contributed by atoms with E-state index >= 15 is 0 Å². The van der Waals surface area contributed by atoms with E-state index in [1.165, 1.54) is 12.8 Å². The summed E-state index contributed by atoms with van der Waals surface area (Å²) in [4.78, 5) is 0. The predicted molar refractivity (Wildman–Crippen MR) is 44.0 cm³/mol. The lowest BCUT2D eigenvalue weighted by atomic mass is 9.84. The van der Waals surface area contributed by atoms with Gasteiger partial charge in [-0.1, -0.05) is 20.8 Å². The SMILES string of the molecule is CC1CC[N]CC(C)(C)C1. The Labute approximate surface area is 64.2 Å². The third-order valence-electron chi connectivity index (χ3n) is 2.22. The van der Waals surface area contributed by atoms with Gasteiger partial charge in [0.1, 0.15) is 0 Å². The number of hydrogen-bond donors (Lipinski definition) is 0. The minimum Gasteiger partial charge on any atom is -0.241 e. The van der Waals surface area contributed by atoms with Crippen LogP contribution in [0.1, 0.15) is 33.6 Å². The Balaban J connectivity index is 2.46. The summed E-state index contributed by atoms with van der Waals surface area (Å²) in [5.41, 5.74) is 0.468. The van der Waals surface area contributed by atoms with Crippen LogP contribution in [-0.2, 0) is 0 Å². The molecule has 1 heteroatoms. The summed E-state index contributed by atoms with van der Waals surface area (Å²) >= 11 is 0. The maximum atomic E-state index is 4.47. The van der Waals surface area contributed by atoms with Crippen LogP contribution in [0.15, 0.2) is 0 Å². The molecule has 1 nitrogen and oxygen atoms in total. The van der Waals surface area contributed by atoms with Crippen LogP contribution in [0.25, 0.3) is 0 Å². The fraction of sp³-hybridized carbons (Fsp3) is 1.00. The third-order valence-corrected chi connectivity index (χ3v) is 2.22. The molecule has 1 saturated heterocycles. The van der Waals surface area contributed by atoms with Crippen molar-refractivity contribution in [2.24, 2.45) is 11.3 Å². The molecule has 0 amide bonds. The number of nitrogens with zero attached hydrogens (tertiary/aromatic N) is 1. The van der Waals surface area contributed by atoms with Crippen LogP contribution in [0.4, 0.5) is 0 Å². The second-order valence-corrected chi connectivity index (χ2v) is 4.37. The molecule has 1 aliphatic heterocycles. The lowest BCUT2D eigenvalue weighted by Gasteiger charge is -2.23. The van der Waals surface area contributed by atoms with Gasteiger partial charge in [0.05, 0.1) is 0 Å². The van der Waals surface area contributed by atoms with Gasteiger partial charge in [-0.05, 0) is 24.2 Å². The van der Waals surface area contributed by atoms with E-state index in [4.69, 9.17) is 0 Å². The molecule has 59 valence electrons. The van der Waals surface area contributed by atoms with Crippen LogP contribution in [0, 0.1) is 11.3 Å². The van der Waals surface area contributed by atoms with E-state index in [-0.39, 0.29) is 0 Å². The van der Waals surface area contributed by atoms with E-state index in [2.05, 4.69) is 26.1 Å². The lowest BCUT2D eigenvalue weighted by molar-refractivity contribution is 0.294. The van der Waals surface area contributed by atoms with E-state index in [0.717, 1.165) is 19.0 Å². The second-order valence-electron chi connectivity index (χ2n) is 4.37. The zero-order valence-electron chi connectivity index (χ0n) is 7.35. The fourth-order valence-corrected chi connectivity index (χ4v) is 1.80. The molecular formula is C9H18N. The minimum atomic E-state index is 0.468. The Morgan fingerprint density at radius 2 is 2.10 bits per heavy atom. The maximum absolute atomic E-state index is 4.47. The minimum absolute atomic E-state index is 0.468. The van der Waals surface area contributed by atoms with Crippen molar-refractivity contribution in [2.45, 2.75) is 33.6 Å². The van der Waals surface area contributed by atoms with Gasteiger partial charge < -0.3 is 0 Å². The quantitative estimate of drug-likeness (QED) is 0.489. The number of rotatable bonds is 0. The molecule has 1 rings (SSSR count). The average molecular weight is 140 g/mol. The fourth-order valence-electron chi connectivity index (χ4n) is 1.80. The first kappa shape index (κ1) is 8.06. The van der Waals surface area contributed by atoms with Crippen molar-refractivity contribution in [2.75, 3.05) is 13.1 Å². The maximum Gasteiger partial charge on any atom is 0.0184 e. The summed E-state index contributed by atoms with van der Waals surface area (Å²) in [6.07, 6.45) is 2.64. The van der Waals surface area contributed by atoms with Crippen LogP contribution < -0.4 is 5.32 Å². The first-order chi connectivity index (χ1) is 4.60. The van der Waals surface area contributed by atoms with E-state index in [9.17, 15) is 0 Å². The highest BCUT2D eigenvalue weighted by molar-refractivity contribution is 4.77. The molecule has 1 atom stereocenters. The Morgan fingerprint density at radius 3 is 2.80 bits per heavy atom. The van der Waals surface area contributed by atoms with Crippen LogP contribution in [-0.4, -0.2) is 13.1 Å². The molecule has 1 fully saturated rings. The van der Waals surface area contributed by atoms with Crippen molar-refractivity contribution in [3.8, 4) is 0 Å². The van der Waals surface area contributed by atoms with Gasteiger partial charge in [0.15, 0.2) is 0 Å². The van der Waals surface area contributed by atoms with Gasteiger partial charge in [-0.3, -0.25) is 0 Å². The molecular weight excluding hydrogens is 122 g/mol. The van der Waals surface area contributed by atoms with Crippen molar-refractivity contribution < 1.29 is 0 Å². The first-order valence-corrected chi connectivity index (χ1v) is 4.23. The third kappa shape index (κ3) is 2.30. The van der Waals surface area contributed by atoms with Gasteiger partial charge in [-0.2, -0.15) is 0 Å². The van der Waals surface area contributed by atoms with E-state index in [1.807, 2.05) is 0 Å². The zero-order chi connectivity index (χ0) is 7.61. The average Bonchev–Trinajstić information content (AvgIpc) is 1.90. The Hall–Kier alpha value is -0.0400. The molecule has 0 bridgehead atoms. The van der Waals surface area contributed by atoms with Crippen LogP contribution in [0.5, 0.6) is 0 Å². The summed E-state index contributed by atoms with van der Waals surface area (Å²) in [6, 6.07) is 0. The molecule has 0 aromatic carbocycles.